The van der Waals surface area contributed by atoms with Crippen LogP contribution in [0.15, 0.2) is 97.2 Å². The summed E-state index contributed by atoms with van der Waals surface area (Å²) in [7, 11) is 0. The maximum Gasteiger partial charge on any atom is 0.262 e. The summed E-state index contributed by atoms with van der Waals surface area (Å²) in [5.74, 6) is 0.177. The van der Waals surface area contributed by atoms with E-state index in [4.69, 9.17) is 4.74 Å². The van der Waals surface area contributed by atoms with Crippen LogP contribution in [-0.2, 0) is 4.79 Å². The summed E-state index contributed by atoms with van der Waals surface area (Å²) in [6.07, 6.45) is 1.75. The van der Waals surface area contributed by atoms with E-state index in [1.165, 1.54) is 11.3 Å². The Morgan fingerprint density at radius 1 is 0.824 bits per heavy atom. The quantitative estimate of drug-likeness (QED) is 0.316. The third-order valence-corrected chi connectivity index (χ3v) is 6.13. The van der Waals surface area contributed by atoms with Crippen LogP contribution in [0.1, 0.15) is 15.9 Å². The van der Waals surface area contributed by atoms with Gasteiger partial charge in [0.25, 0.3) is 5.91 Å². The zero-order valence-corrected chi connectivity index (χ0v) is 18.8. The molecule has 2 aromatic heterocycles. The van der Waals surface area contributed by atoms with Crippen LogP contribution in [-0.4, -0.2) is 28.3 Å². The number of nitrogens with one attached hydrogen (secondary N) is 1. The van der Waals surface area contributed by atoms with Crippen LogP contribution < -0.4 is 10.1 Å². The van der Waals surface area contributed by atoms with E-state index in [1.54, 1.807) is 42.6 Å². The number of carbonyl (C=O) groups is 2. The molecule has 0 aliphatic rings. The van der Waals surface area contributed by atoms with Crippen LogP contribution in [0.25, 0.3) is 20.9 Å². The predicted molar refractivity (Wildman–Crippen MR) is 133 cm³/mol. The lowest BCUT2D eigenvalue weighted by Crippen LogP contribution is -2.20. The van der Waals surface area contributed by atoms with Gasteiger partial charge in [0, 0.05) is 28.6 Å². The third-order valence-electron chi connectivity index (χ3n) is 5.10. The van der Waals surface area contributed by atoms with Crippen molar-refractivity contribution in [3.63, 3.8) is 0 Å². The molecule has 1 N–H and O–H groups in total. The van der Waals surface area contributed by atoms with Crippen molar-refractivity contribution in [1.29, 1.82) is 0 Å². The first-order chi connectivity index (χ1) is 16.7. The lowest BCUT2D eigenvalue weighted by molar-refractivity contribution is -0.118. The van der Waals surface area contributed by atoms with Crippen molar-refractivity contribution in [2.75, 3.05) is 11.9 Å². The molecule has 5 aromatic rings. The number of thiazole rings is 1. The van der Waals surface area contributed by atoms with Gasteiger partial charge in [0.1, 0.15) is 21.1 Å². The van der Waals surface area contributed by atoms with Gasteiger partial charge in [0.15, 0.2) is 12.4 Å². The van der Waals surface area contributed by atoms with Crippen molar-refractivity contribution in [1.82, 2.24) is 9.97 Å². The first-order valence-corrected chi connectivity index (χ1v) is 11.4. The smallest absolute Gasteiger partial charge is 0.262 e. The van der Waals surface area contributed by atoms with E-state index in [2.05, 4.69) is 15.3 Å². The van der Waals surface area contributed by atoms with Gasteiger partial charge in [-0.1, -0.05) is 41.7 Å². The van der Waals surface area contributed by atoms with Crippen LogP contribution >= 0.6 is 11.3 Å². The summed E-state index contributed by atoms with van der Waals surface area (Å²) >= 11 is 1.53. The Morgan fingerprint density at radius 2 is 1.56 bits per heavy atom. The van der Waals surface area contributed by atoms with Gasteiger partial charge >= 0.3 is 0 Å². The van der Waals surface area contributed by atoms with Crippen LogP contribution in [0, 0.1) is 0 Å². The molecular formula is C27H19N3O3S. The van der Waals surface area contributed by atoms with Gasteiger partial charge in [-0.2, -0.15) is 0 Å². The average molecular weight is 466 g/mol. The van der Waals surface area contributed by atoms with E-state index in [-0.39, 0.29) is 18.3 Å². The monoisotopic (exact) mass is 465 g/mol. The molecule has 166 valence electrons. The van der Waals surface area contributed by atoms with Gasteiger partial charge in [0.2, 0.25) is 0 Å². The van der Waals surface area contributed by atoms with Crippen LogP contribution in [0.4, 0.5) is 5.69 Å². The van der Waals surface area contributed by atoms with E-state index in [9.17, 15) is 9.59 Å². The zero-order valence-electron chi connectivity index (χ0n) is 18.0. The molecule has 0 aliphatic heterocycles. The molecule has 34 heavy (non-hydrogen) atoms. The zero-order chi connectivity index (χ0) is 23.3. The number of pyridine rings is 1. The number of hydrogen-bond donors (Lipinski definition) is 1. The van der Waals surface area contributed by atoms with Gasteiger partial charge in [-0.05, 0) is 60.7 Å². The first-order valence-electron chi connectivity index (χ1n) is 10.6. The number of amides is 1. The van der Waals surface area contributed by atoms with E-state index < -0.39 is 0 Å². The minimum absolute atomic E-state index is 0.0598. The summed E-state index contributed by atoms with van der Waals surface area (Å²) in [6, 6.07) is 27.1. The van der Waals surface area contributed by atoms with Gasteiger partial charge in [-0.25, -0.2) is 9.97 Å². The standard InChI is InChI=1S/C27H19N3O3S/c31-24(17-33-22-14-10-19(11-15-22)25(32)18-5-2-1-3-6-18)29-21-12-8-20(9-13-21)26-30-23-7-4-16-28-27(23)34-26/h1-16H,17H2,(H,29,31). The van der Waals surface area contributed by atoms with Gasteiger partial charge in [-0.3, -0.25) is 9.59 Å². The number of aromatic nitrogens is 2. The SMILES string of the molecule is O=C(COc1ccc(C(=O)c2ccccc2)cc1)Nc1ccc(-c2nc3cccnc3s2)cc1. The fraction of sp³-hybridized carbons (Fsp3) is 0.0370. The molecule has 0 bridgehead atoms. The molecule has 0 spiro atoms. The van der Waals surface area contributed by atoms with E-state index in [1.807, 2.05) is 54.6 Å². The van der Waals surface area contributed by atoms with Crippen molar-refractivity contribution in [3.05, 3.63) is 108 Å². The van der Waals surface area contributed by atoms with Crippen molar-refractivity contribution in [2.45, 2.75) is 0 Å². The van der Waals surface area contributed by atoms with Crippen LogP contribution in [0.5, 0.6) is 5.75 Å². The number of fused-ring (bicyclic) bond motifs is 1. The Labute approximate surface area is 199 Å². The summed E-state index contributed by atoms with van der Waals surface area (Å²) in [4.78, 5) is 34.6. The van der Waals surface area contributed by atoms with Crippen LogP contribution in [0.3, 0.4) is 0 Å². The number of hydrogen-bond acceptors (Lipinski definition) is 6. The molecule has 0 fully saturated rings. The minimum Gasteiger partial charge on any atom is -0.484 e. The number of rotatable bonds is 7. The molecule has 3 aromatic carbocycles. The fourth-order valence-corrected chi connectivity index (χ4v) is 4.31. The highest BCUT2D eigenvalue weighted by Gasteiger charge is 2.10. The summed E-state index contributed by atoms with van der Waals surface area (Å²) in [5.41, 5.74) is 3.69. The third kappa shape index (κ3) is 4.84. The molecule has 1 amide bonds. The van der Waals surface area contributed by atoms with Crippen LogP contribution in [0.2, 0.25) is 0 Å². The largest absolute Gasteiger partial charge is 0.484 e. The normalized spacial score (nSPS) is 10.7. The second-order valence-corrected chi connectivity index (χ2v) is 8.46. The van der Waals surface area contributed by atoms with Crippen molar-refractivity contribution < 1.29 is 14.3 Å². The maximum absolute atomic E-state index is 12.5. The molecule has 6 nitrogen and oxygen atoms in total. The Bertz CT molecular complexity index is 1410. The Hall–Kier alpha value is -4.36. The second kappa shape index (κ2) is 9.64. The molecular weight excluding hydrogens is 446 g/mol. The minimum atomic E-state index is -0.277. The predicted octanol–water partition coefficient (Wildman–Crippen LogP) is 5.61. The fourth-order valence-electron chi connectivity index (χ4n) is 3.39. The number of nitrogens with zero attached hydrogens (tertiary/aromatic N) is 2. The maximum atomic E-state index is 12.5. The molecule has 5 rings (SSSR count). The molecule has 2 heterocycles. The average Bonchev–Trinajstić information content (AvgIpc) is 3.33. The highest BCUT2D eigenvalue weighted by molar-refractivity contribution is 7.21. The Kier molecular flexibility index (Phi) is 6.09. The molecule has 0 unspecified atom stereocenters. The van der Waals surface area contributed by atoms with E-state index >= 15 is 0 Å². The topological polar surface area (TPSA) is 81.2 Å². The molecule has 7 heteroatoms. The lowest BCUT2D eigenvalue weighted by atomic mass is 10.0. The number of carbonyl (C=O) groups excluding carboxylic acids is 2. The number of ether oxygens (including phenoxy) is 1. The van der Waals surface area contributed by atoms with E-state index in [0.29, 0.717) is 22.6 Å². The van der Waals surface area contributed by atoms with Crippen molar-refractivity contribution >= 4 is 39.1 Å². The number of ketones is 1. The van der Waals surface area contributed by atoms with Gasteiger partial charge in [0.05, 0.1) is 0 Å². The number of benzene rings is 3. The highest BCUT2D eigenvalue weighted by Crippen LogP contribution is 2.29. The number of anilines is 1. The van der Waals surface area contributed by atoms with Gasteiger partial charge < -0.3 is 10.1 Å². The van der Waals surface area contributed by atoms with Crippen molar-refractivity contribution in [2.24, 2.45) is 0 Å². The molecule has 0 aliphatic carbocycles. The highest BCUT2D eigenvalue weighted by atomic mass is 32.1. The first kappa shape index (κ1) is 21.5. The van der Waals surface area contributed by atoms with Gasteiger partial charge in [-0.15, -0.1) is 0 Å². The molecule has 0 atom stereocenters. The molecule has 0 saturated carbocycles. The second-order valence-electron chi connectivity index (χ2n) is 7.48. The molecule has 0 saturated heterocycles. The van der Waals surface area contributed by atoms with Crippen molar-refractivity contribution in [3.8, 4) is 16.3 Å². The Morgan fingerprint density at radius 3 is 2.29 bits per heavy atom. The Balaban J connectivity index is 1.16. The summed E-state index contributed by atoms with van der Waals surface area (Å²) in [5, 5.41) is 3.70. The lowest BCUT2D eigenvalue weighted by Gasteiger charge is -2.09. The molecule has 0 radical (unpaired) electrons. The summed E-state index contributed by atoms with van der Waals surface area (Å²) < 4.78 is 5.57. The van der Waals surface area contributed by atoms with E-state index in [0.717, 1.165) is 20.9 Å². The summed E-state index contributed by atoms with van der Waals surface area (Å²) in [6.45, 7) is -0.142.